The van der Waals surface area contributed by atoms with Gasteiger partial charge in [-0.25, -0.2) is 27.6 Å². The Morgan fingerprint density at radius 2 is 1.79 bits per heavy atom. The van der Waals surface area contributed by atoms with Crippen LogP contribution in [0.15, 0.2) is 64.7 Å². The summed E-state index contributed by atoms with van der Waals surface area (Å²) < 4.78 is 29.1. The maximum absolute atomic E-state index is 13.4. The Hall–Kier alpha value is -2.71. The molecule has 0 unspecified atom stereocenters. The Morgan fingerprint density at radius 3 is 2.54 bits per heavy atom. The molecular weight excluding hydrogens is 406 g/mol. The number of halogens is 3. The van der Waals surface area contributed by atoms with E-state index in [2.05, 4.69) is 10.1 Å². The highest BCUT2D eigenvalue weighted by Gasteiger charge is 2.13. The molecule has 4 aromatic rings. The molecule has 0 spiro atoms. The topological polar surface area (TPSA) is 52.2 Å². The van der Waals surface area contributed by atoms with Gasteiger partial charge in [-0.3, -0.25) is 0 Å². The maximum atomic E-state index is 13.4. The molecule has 0 saturated heterocycles. The minimum atomic E-state index is -0.963. The number of nitrogens with zero attached hydrogens (tertiary/aromatic N) is 4. The number of hydrogen-bond acceptors (Lipinski definition) is 4. The van der Waals surface area contributed by atoms with Crippen molar-refractivity contribution >= 4 is 29.0 Å². The summed E-state index contributed by atoms with van der Waals surface area (Å²) in [6.07, 6.45) is 3.06. The van der Waals surface area contributed by atoms with Gasteiger partial charge < -0.3 is 0 Å². The van der Waals surface area contributed by atoms with Crippen molar-refractivity contribution in [2.75, 3.05) is 0 Å². The highest BCUT2D eigenvalue weighted by atomic mass is 35.5. The molecule has 0 atom stereocenters. The lowest BCUT2D eigenvalue weighted by atomic mass is 10.2. The first-order valence-electron chi connectivity index (χ1n) is 8.26. The van der Waals surface area contributed by atoms with Gasteiger partial charge >= 0.3 is 5.69 Å². The molecule has 0 saturated carbocycles. The second kappa shape index (κ2) is 7.73. The summed E-state index contributed by atoms with van der Waals surface area (Å²) in [6.45, 7) is 0.0268. The van der Waals surface area contributed by atoms with E-state index in [-0.39, 0.29) is 12.2 Å². The van der Waals surface area contributed by atoms with Crippen molar-refractivity contribution in [3.8, 4) is 0 Å². The van der Waals surface area contributed by atoms with Crippen LogP contribution in [0.2, 0.25) is 5.02 Å². The fourth-order valence-corrected chi connectivity index (χ4v) is 3.70. The molecule has 0 aliphatic rings. The molecule has 2 aromatic heterocycles. The van der Waals surface area contributed by atoms with E-state index in [0.29, 0.717) is 27.0 Å². The van der Waals surface area contributed by atoms with Crippen LogP contribution in [0.1, 0.15) is 11.1 Å². The highest BCUT2D eigenvalue weighted by molar-refractivity contribution is 7.98. The van der Waals surface area contributed by atoms with Crippen LogP contribution < -0.4 is 5.69 Å². The zero-order valence-corrected chi connectivity index (χ0v) is 15.9. The Bertz CT molecular complexity index is 1210. The minimum Gasteiger partial charge on any atom is -0.246 e. The van der Waals surface area contributed by atoms with Gasteiger partial charge in [-0.1, -0.05) is 41.6 Å². The average molecular weight is 419 g/mol. The van der Waals surface area contributed by atoms with Gasteiger partial charge in [0, 0.05) is 23.2 Å². The first kappa shape index (κ1) is 18.6. The fourth-order valence-electron chi connectivity index (χ4n) is 2.67. The SMILES string of the molecule is O=c1n(Cc2ccc(F)c(F)c2)nc2c(SCc3ccc(Cl)cc3)nccn12. The van der Waals surface area contributed by atoms with Crippen LogP contribution in [-0.4, -0.2) is 19.2 Å². The van der Waals surface area contributed by atoms with Gasteiger partial charge in [-0.05, 0) is 35.4 Å². The molecule has 2 aromatic carbocycles. The quantitative estimate of drug-likeness (QED) is 0.457. The van der Waals surface area contributed by atoms with Crippen molar-refractivity contribution in [2.45, 2.75) is 17.3 Å². The van der Waals surface area contributed by atoms with E-state index in [1.54, 1.807) is 0 Å². The van der Waals surface area contributed by atoms with Crippen molar-refractivity contribution in [1.29, 1.82) is 0 Å². The summed E-state index contributed by atoms with van der Waals surface area (Å²) in [5, 5.41) is 5.59. The molecule has 0 aliphatic heterocycles. The average Bonchev–Trinajstić information content (AvgIpc) is 3.01. The van der Waals surface area contributed by atoms with Crippen LogP contribution in [0.3, 0.4) is 0 Å². The van der Waals surface area contributed by atoms with Crippen molar-refractivity contribution in [3.05, 3.63) is 93.1 Å². The molecule has 142 valence electrons. The van der Waals surface area contributed by atoms with Crippen molar-refractivity contribution < 1.29 is 8.78 Å². The van der Waals surface area contributed by atoms with E-state index in [1.807, 2.05) is 24.3 Å². The van der Waals surface area contributed by atoms with Crippen LogP contribution >= 0.6 is 23.4 Å². The zero-order valence-electron chi connectivity index (χ0n) is 14.3. The van der Waals surface area contributed by atoms with Gasteiger partial charge in [0.2, 0.25) is 0 Å². The molecule has 5 nitrogen and oxygen atoms in total. The van der Waals surface area contributed by atoms with Crippen LogP contribution in [0.5, 0.6) is 0 Å². The van der Waals surface area contributed by atoms with Gasteiger partial charge in [0.25, 0.3) is 0 Å². The molecule has 4 rings (SSSR count). The Labute approximate surface area is 167 Å². The van der Waals surface area contributed by atoms with E-state index in [9.17, 15) is 13.6 Å². The summed E-state index contributed by atoms with van der Waals surface area (Å²) in [7, 11) is 0. The van der Waals surface area contributed by atoms with Gasteiger partial charge in [0.05, 0.1) is 6.54 Å². The monoisotopic (exact) mass is 418 g/mol. The van der Waals surface area contributed by atoms with Crippen LogP contribution in [0.25, 0.3) is 5.65 Å². The van der Waals surface area contributed by atoms with Crippen LogP contribution in [0.4, 0.5) is 8.78 Å². The predicted octanol–water partition coefficient (Wildman–Crippen LogP) is 4.16. The summed E-state index contributed by atoms with van der Waals surface area (Å²) in [5.41, 5.74) is 1.53. The smallest absolute Gasteiger partial charge is 0.246 e. The van der Waals surface area contributed by atoms with E-state index in [4.69, 9.17) is 11.6 Å². The number of aromatic nitrogens is 4. The third-order valence-electron chi connectivity index (χ3n) is 4.07. The van der Waals surface area contributed by atoms with Gasteiger partial charge in [0.15, 0.2) is 17.3 Å². The van der Waals surface area contributed by atoms with Crippen molar-refractivity contribution in [1.82, 2.24) is 19.2 Å². The summed E-state index contributed by atoms with van der Waals surface area (Å²) >= 11 is 7.34. The molecule has 0 N–H and O–H groups in total. The zero-order chi connectivity index (χ0) is 19.7. The first-order chi connectivity index (χ1) is 13.5. The van der Waals surface area contributed by atoms with Crippen LogP contribution in [0, 0.1) is 11.6 Å². The third kappa shape index (κ3) is 3.79. The predicted molar refractivity (Wildman–Crippen MR) is 104 cm³/mol. The van der Waals surface area contributed by atoms with E-state index >= 15 is 0 Å². The second-order valence-electron chi connectivity index (χ2n) is 6.03. The van der Waals surface area contributed by atoms with E-state index in [0.717, 1.165) is 17.7 Å². The van der Waals surface area contributed by atoms with E-state index < -0.39 is 11.6 Å². The van der Waals surface area contributed by atoms with E-state index in [1.165, 1.54) is 39.3 Å². The molecular formula is C19H13ClF2N4OS. The Balaban J connectivity index is 1.62. The van der Waals surface area contributed by atoms with Gasteiger partial charge in [-0.15, -0.1) is 5.10 Å². The summed E-state index contributed by atoms with van der Waals surface area (Å²) in [6, 6.07) is 11.0. The molecule has 0 fully saturated rings. The molecule has 0 amide bonds. The largest absolute Gasteiger partial charge is 0.350 e. The van der Waals surface area contributed by atoms with Gasteiger partial charge in [-0.2, -0.15) is 0 Å². The number of benzene rings is 2. The van der Waals surface area contributed by atoms with Crippen LogP contribution in [-0.2, 0) is 12.3 Å². The van der Waals surface area contributed by atoms with Crippen molar-refractivity contribution in [2.24, 2.45) is 0 Å². The summed E-state index contributed by atoms with van der Waals surface area (Å²) in [5.74, 6) is -1.26. The van der Waals surface area contributed by atoms with Crippen molar-refractivity contribution in [3.63, 3.8) is 0 Å². The Kier molecular flexibility index (Phi) is 5.15. The number of fused-ring (bicyclic) bond motifs is 1. The molecule has 28 heavy (non-hydrogen) atoms. The molecule has 0 radical (unpaired) electrons. The highest BCUT2D eigenvalue weighted by Crippen LogP contribution is 2.24. The number of hydrogen-bond donors (Lipinski definition) is 0. The van der Waals surface area contributed by atoms with Gasteiger partial charge in [0.1, 0.15) is 5.03 Å². The maximum Gasteiger partial charge on any atom is 0.350 e. The first-order valence-corrected chi connectivity index (χ1v) is 9.63. The fraction of sp³-hybridized carbons (Fsp3) is 0.105. The molecule has 0 aliphatic carbocycles. The normalized spacial score (nSPS) is 11.2. The Morgan fingerprint density at radius 1 is 1.04 bits per heavy atom. The lowest BCUT2D eigenvalue weighted by Gasteiger charge is -2.02. The lowest BCUT2D eigenvalue weighted by molar-refractivity contribution is 0.505. The minimum absolute atomic E-state index is 0.0268. The molecule has 0 bridgehead atoms. The third-order valence-corrected chi connectivity index (χ3v) is 5.37. The lowest BCUT2D eigenvalue weighted by Crippen LogP contribution is -2.21. The standard InChI is InChI=1S/C19H13ClF2N4OS/c20-14-4-1-12(2-5-14)11-28-18-17-24-26(19(27)25(17)8-7-23-18)10-13-3-6-15(21)16(22)9-13/h1-9H,10-11H2. The molecule has 2 heterocycles. The number of rotatable bonds is 5. The molecule has 9 heteroatoms. The second-order valence-corrected chi connectivity index (χ2v) is 7.43. The number of thioether (sulfide) groups is 1. The summed E-state index contributed by atoms with van der Waals surface area (Å²) in [4.78, 5) is 16.9.